The van der Waals surface area contributed by atoms with Crippen LogP contribution in [0.3, 0.4) is 0 Å². The zero-order valence-corrected chi connectivity index (χ0v) is 5.41. The third-order valence-electron chi connectivity index (χ3n) is 1.85. The summed E-state index contributed by atoms with van der Waals surface area (Å²) in [4.78, 5) is 0. The highest BCUT2D eigenvalue weighted by Crippen LogP contribution is 2.34. The maximum atomic E-state index is 5.82. The van der Waals surface area contributed by atoms with Gasteiger partial charge in [0.2, 0.25) is 0 Å². The molecular weight excluding hydrogens is 108 g/mol. The van der Waals surface area contributed by atoms with Gasteiger partial charge in [0.05, 0.1) is 0 Å². The second-order valence-electron chi connectivity index (χ2n) is 2.26. The van der Waals surface area contributed by atoms with Crippen LogP contribution in [0, 0.1) is 5.92 Å². The summed E-state index contributed by atoms with van der Waals surface area (Å²) in [6.07, 6.45) is 3.89. The predicted octanol–water partition coefficient (Wildman–Crippen LogP) is 2.41. The van der Waals surface area contributed by atoms with Crippen LogP contribution >= 0.6 is 11.6 Å². The average Bonchev–Trinajstić information content (AvgIpc) is 1.65. The molecule has 0 heterocycles. The van der Waals surface area contributed by atoms with E-state index in [4.69, 9.17) is 11.6 Å². The first-order valence-corrected chi connectivity index (χ1v) is 3.42. The summed E-state index contributed by atoms with van der Waals surface area (Å²) in [5.74, 6) is 0.849. The lowest BCUT2D eigenvalue weighted by Gasteiger charge is -2.30. The summed E-state index contributed by atoms with van der Waals surface area (Å²) in [5.41, 5.74) is 0. The molecule has 1 rings (SSSR count). The quantitative estimate of drug-likeness (QED) is 0.464. The molecule has 2 atom stereocenters. The zero-order valence-electron chi connectivity index (χ0n) is 4.65. The van der Waals surface area contributed by atoms with Gasteiger partial charge >= 0.3 is 0 Å². The molecule has 42 valence electrons. The molecule has 0 radical (unpaired) electrons. The van der Waals surface area contributed by atoms with Crippen molar-refractivity contribution in [2.45, 2.75) is 31.6 Å². The number of hydrogen-bond acceptors (Lipinski definition) is 0. The predicted molar refractivity (Wildman–Crippen MR) is 32.7 cm³/mol. The Bertz CT molecular complexity index is 59.2. The first kappa shape index (κ1) is 5.43. The van der Waals surface area contributed by atoms with Gasteiger partial charge in [0, 0.05) is 5.38 Å². The van der Waals surface area contributed by atoms with Gasteiger partial charge in [-0.25, -0.2) is 0 Å². The van der Waals surface area contributed by atoms with E-state index in [9.17, 15) is 0 Å². The summed E-state index contributed by atoms with van der Waals surface area (Å²) in [6.45, 7) is 2.21. The average molecular weight is 119 g/mol. The lowest BCUT2D eigenvalue weighted by Crippen LogP contribution is -2.24. The molecule has 7 heavy (non-hydrogen) atoms. The van der Waals surface area contributed by atoms with Crippen molar-refractivity contribution in [3.8, 4) is 0 Å². The van der Waals surface area contributed by atoms with E-state index in [1.54, 1.807) is 0 Å². The Morgan fingerprint density at radius 2 is 2.29 bits per heavy atom. The molecule has 0 bridgehead atoms. The molecule has 1 saturated carbocycles. The smallest absolute Gasteiger partial charge is 0.0364 e. The molecule has 0 aromatic carbocycles. The Hall–Kier alpha value is 0.290. The second-order valence-corrected chi connectivity index (χ2v) is 2.82. The third kappa shape index (κ3) is 0.908. The van der Waals surface area contributed by atoms with Crippen LogP contribution in [0.4, 0.5) is 0 Å². The molecule has 1 fully saturated rings. The van der Waals surface area contributed by atoms with Gasteiger partial charge in [0.25, 0.3) is 0 Å². The molecule has 1 heteroatoms. The topological polar surface area (TPSA) is 0 Å². The van der Waals surface area contributed by atoms with Crippen molar-refractivity contribution in [2.75, 3.05) is 0 Å². The van der Waals surface area contributed by atoms with E-state index in [2.05, 4.69) is 6.92 Å². The van der Waals surface area contributed by atoms with E-state index >= 15 is 0 Å². The molecular formula is C6H11Cl. The van der Waals surface area contributed by atoms with Crippen molar-refractivity contribution in [1.82, 2.24) is 0 Å². The molecule has 0 spiro atoms. The summed E-state index contributed by atoms with van der Waals surface area (Å²) >= 11 is 5.82. The van der Waals surface area contributed by atoms with Crippen molar-refractivity contribution < 1.29 is 0 Å². The molecule has 0 N–H and O–H groups in total. The van der Waals surface area contributed by atoms with E-state index in [0.29, 0.717) is 5.38 Å². The fourth-order valence-corrected chi connectivity index (χ4v) is 1.42. The van der Waals surface area contributed by atoms with Crippen LogP contribution in [0.5, 0.6) is 0 Å². The Morgan fingerprint density at radius 1 is 1.57 bits per heavy atom. The Labute approximate surface area is 49.9 Å². The lowest BCUT2D eigenvalue weighted by atomic mass is 9.83. The van der Waals surface area contributed by atoms with Crippen molar-refractivity contribution in [2.24, 2.45) is 5.92 Å². The van der Waals surface area contributed by atoms with E-state index in [1.165, 1.54) is 19.3 Å². The first-order valence-electron chi connectivity index (χ1n) is 2.98. The van der Waals surface area contributed by atoms with Crippen molar-refractivity contribution >= 4 is 11.6 Å². The van der Waals surface area contributed by atoms with Crippen LogP contribution in [-0.4, -0.2) is 5.38 Å². The van der Waals surface area contributed by atoms with Crippen LogP contribution < -0.4 is 0 Å². The van der Waals surface area contributed by atoms with E-state index in [1.807, 2.05) is 0 Å². The maximum absolute atomic E-state index is 5.82. The van der Waals surface area contributed by atoms with Gasteiger partial charge in [0.15, 0.2) is 0 Å². The number of halogens is 1. The molecule has 0 saturated heterocycles. The molecule has 0 aromatic heterocycles. The van der Waals surface area contributed by atoms with Crippen LogP contribution in [0.15, 0.2) is 0 Å². The van der Waals surface area contributed by atoms with Gasteiger partial charge in [-0.2, -0.15) is 0 Å². The van der Waals surface area contributed by atoms with Gasteiger partial charge in [-0.3, -0.25) is 0 Å². The molecule has 1 aliphatic rings. The van der Waals surface area contributed by atoms with Crippen LogP contribution in [-0.2, 0) is 0 Å². The van der Waals surface area contributed by atoms with Gasteiger partial charge < -0.3 is 0 Å². The van der Waals surface area contributed by atoms with Gasteiger partial charge in [0.1, 0.15) is 0 Å². The summed E-state index contributed by atoms with van der Waals surface area (Å²) < 4.78 is 0. The largest absolute Gasteiger partial charge is 0.123 e. The fraction of sp³-hybridized carbons (Fsp3) is 1.00. The van der Waals surface area contributed by atoms with Crippen LogP contribution in [0.25, 0.3) is 0 Å². The minimum Gasteiger partial charge on any atom is -0.123 e. The van der Waals surface area contributed by atoms with Crippen molar-refractivity contribution in [1.29, 1.82) is 0 Å². The molecule has 0 aromatic rings. The van der Waals surface area contributed by atoms with Gasteiger partial charge in [-0.1, -0.05) is 13.3 Å². The number of rotatable bonds is 1. The minimum absolute atomic E-state index is 0.519. The van der Waals surface area contributed by atoms with Crippen molar-refractivity contribution in [3.05, 3.63) is 0 Å². The summed E-state index contributed by atoms with van der Waals surface area (Å²) in [7, 11) is 0. The highest BCUT2D eigenvalue weighted by Gasteiger charge is 2.26. The highest BCUT2D eigenvalue weighted by atomic mass is 35.5. The molecule has 0 amide bonds. The monoisotopic (exact) mass is 118 g/mol. The van der Waals surface area contributed by atoms with Gasteiger partial charge in [-0.15, -0.1) is 11.6 Å². The SMILES string of the molecule is CCC1CCC1Cl. The summed E-state index contributed by atoms with van der Waals surface area (Å²) in [5, 5.41) is 0.519. The zero-order chi connectivity index (χ0) is 5.28. The molecule has 0 aliphatic heterocycles. The molecule has 1 aliphatic carbocycles. The van der Waals surface area contributed by atoms with Crippen molar-refractivity contribution in [3.63, 3.8) is 0 Å². The van der Waals surface area contributed by atoms with Crippen LogP contribution in [0.1, 0.15) is 26.2 Å². The summed E-state index contributed by atoms with van der Waals surface area (Å²) in [6, 6.07) is 0. The Morgan fingerprint density at radius 3 is 2.29 bits per heavy atom. The van der Waals surface area contributed by atoms with E-state index < -0.39 is 0 Å². The van der Waals surface area contributed by atoms with E-state index in [-0.39, 0.29) is 0 Å². The number of hydrogen-bond donors (Lipinski definition) is 0. The minimum atomic E-state index is 0.519. The third-order valence-corrected chi connectivity index (χ3v) is 2.42. The van der Waals surface area contributed by atoms with E-state index in [0.717, 1.165) is 5.92 Å². The Kier molecular flexibility index (Phi) is 1.58. The lowest BCUT2D eigenvalue weighted by molar-refractivity contribution is 0.316. The fourth-order valence-electron chi connectivity index (χ4n) is 0.988. The maximum Gasteiger partial charge on any atom is 0.0364 e. The van der Waals surface area contributed by atoms with Crippen LogP contribution in [0.2, 0.25) is 0 Å². The first-order chi connectivity index (χ1) is 3.34. The highest BCUT2D eigenvalue weighted by molar-refractivity contribution is 6.21. The Balaban J connectivity index is 2.16. The second kappa shape index (κ2) is 2.04. The molecule has 0 nitrogen and oxygen atoms in total. The number of alkyl halides is 1. The normalized spacial score (nSPS) is 40.3. The van der Waals surface area contributed by atoms with Gasteiger partial charge in [-0.05, 0) is 18.8 Å². The molecule has 2 unspecified atom stereocenters. The standard InChI is InChI=1S/C6H11Cl/c1-2-5-3-4-6(5)7/h5-6H,2-4H2,1H3.